The van der Waals surface area contributed by atoms with Crippen LogP contribution in [0.15, 0.2) is 65.1 Å². The summed E-state index contributed by atoms with van der Waals surface area (Å²) in [5.41, 5.74) is -5.66. The molecule has 0 amide bonds. The monoisotopic (exact) mass is 746 g/mol. The van der Waals surface area contributed by atoms with Crippen LogP contribution < -0.4 is 14.2 Å². The molecule has 1 unspecified atom stereocenters. The number of halogens is 8. The normalized spacial score (nSPS) is 13.0. The summed E-state index contributed by atoms with van der Waals surface area (Å²) < 4.78 is 143. The van der Waals surface area contributed by atoms with Gasteiger partial charge in [-0.15, -0.1) is 10.2 Å². The SMILES string of the molecule is C/C=C\C(C)(CC)Oc1ccc(Oc2ccc(Oc3c(F)c(F)c(-c4nnc(-c5c(F)c(F)c(C(C)(CC)CC)c(F)c5F)o4)c(F)c3F)cc2)cc1. The van der Waals surface area contributed by atoms with Crippen molar-refractivity contribution in [1.29, 1.82) is 0 Å². The number of nitrogens with zero attached hydrogens (tertiary/aromatic N) is 2. The maximum Gasteiger partial charge on any atom is 0.254 e. The van der Waals surface area contributed by atoms with Gasteiger partial charge >= 0.3 is 0 Å². The zero-order valence-electron chi connectivity index (χ0n) is 29.4. The predicted octanol–water partition coefficient (Wildman–Crippen LogP) is 12.3. The Morgan fingerprint density at radius 1 is 0.566 bits per heavy atom. The number of aromatic nitrogens is 2. The van der Waals surface area contributed by atoms with Gasteiger partial charge in [0.05, 0.1) is 0 Å². The molecule has 0 aliphatic rings. The molecular weight excluding hydrogens is 712 g/mol. The molecule has 0 aliphatic carbocycles. The molecule has 5 rings (SSSR count). The van der Waals surface area contributed by atoms with Gasteiger partial charge in [-0.2, -0.15) is 8.78 Å². The van der Waals surface area contributed by atoms with Gasteiger partial charge < -0.3 is 18.6 Å². The van der Waals surface area contributed by atoms with E-state index in [-0.39, 0.29) is 24.3 Å². The fourth-order valence-corrected chi connectivity index (χ4v) is 5.52. The lowest BCUT2D eigenvalue weighted by molar-refractivity contribution is 0.136. The highest BCUT2D eigenvalue weighted by atomic mass is 19.2. The molecule has 0 bridgehead atoms. The van der Waals surface area contributed by atoms with Crippen LogP contribution in [-0.2, 0) is 5.41 Å². The van der Waals surface area contributed by atoms with E-state index in [9.17, 15) is 0 Å². The average Bonchev–Trinajstić information content (AvgIpc) is 3.62. The van der Waals surface area contributed by atoms with E-state index in [0.717, 1.165) is 6.42 Å². The first-order valence-corrected chi connectivity index (χ1v) is 16.6. The van der Waals surface area contributed by atoms with Gasteiger partial charge in [0.25, 0.3) is 11.8 Å². The molecular formula is C39H34F8N2O4. The highest BCUT2D eigenvalue weighted by Crippen LogP contribution is 2.42. The number of allylic oxidation sites excluding steroid dienone is 1. The molecule has 0 saturated heterocycles. The second-order valence-electron chi connectivity index (χ2n) is 12.6. The van der Waals surface area contributed by atoms with Gasteiger partial charge in [0.2, 0.25) is 17.4 Å². The van der Waals surface area contributed by atoms with Crippen LogP contribution in [0.5, 0.6) is 28.7 Å². The van der Waals surface area contributed by atoms with Gasteiger partial charge in [-0.25, -0.2) is 26.3 Å². The summed E-state index contributed by atoms with van der Waals surface area (Å²) in [4.78, 5) is 0. The second kappa shape index (κ2) is 15.3. The van der Waals surface area contributed by atoms with Crippen LogP contribution in [0.3, 0.4) is 0 Å². The lowest BCUT2D eigenvalue weighted by atomic mass is 9.76. The number of benzene rings is 4. The molecule has 0 saturated carbocycles. The molecule has 4 aromatic carbocycles. The van der Waals surface area contributed by atoms with E-state index < -0.39 is 91.8 Å². The minimum atomic E-state index is -2.07. The molecule has 6 nitrogen and oxygen atoms in total. The van der Waals surface area contributed by atoms with E-state index >= 15 is 35.1 Å². The minimum absolute atomic E-state index is 0.123. The Labute approximate surface area is 300 Å². The summed E-state index contributed by atoms with van der Waals surface area (Å²) in [6, 6.07) is 12.0. The van der Waals surface area contributed by atoms with Crippen molar-refractivity contribution in [1.82, 2.24) is 10.2 Å². The third-order valence-electron chi connectivity index (χ3n) is 9.18. The summed E-state index contributed by atoms with van der Waals surface area (Å²) >= 11 is 0. The summed E-state index contributed by atoms with van der Waals surface area (Å²) in [6.07, 6.45) is 4.85. The average molecular weight is 747 g/mol. The predicted molar refractivity (Wildman–Crippen MR) is 180 cm³/mol. The highest BCUT2D eigenvalue weighted by Gasteiger charge is 2.38. The first-order chi connectivity index (χ1) is 25.1. The van der Waals surface area contributed by atoms with E-state index in [1.54, 1.807) is 38.1 Å². The Morgan fingerprint density at radius 3 is 1.36 bits per heavy atom. The minimum Gasteiger partial charge on any atom is -0.484 e. The van der Waals surface area contributed by atoms with Gasteiger partial charge in [-0.05, 0) is 93.1 Å². The van der Waals surface area contributed by atoms with Crippen molar-refractivity contribution in [2.75, 3.05) is 0 Å². The number of rotatable bonds is 13. The fraction of sp³-hybridized carbons (Fsp3) is 0.282. The summed E-state index contributed by atoms with van der Waals surface area (Å²) in [7, 11) is 0. The van der Waals surface area contributed by atoms with E-state index in [1.165, 1.54) is 31.2 Å². The van der Waals surface area contributed by atoms with E-state index in [1.807, 2.05) is 32.9 Å². The standard InChI is InChI=1S/C39H34F8N2O4/c1-7-19-39(6,10-4)53-23-17-15-21(16-18-23)50-20-11-13-22(14-12-20)51-35-33(46)29(42)25(30(43)34(35)47)37-49-48-36(52-37)24-27(40)31(44)26(32(45)28(24)41)38(5,8-2)9-3/h7,11-19H,8-10H2,1-6H3/b19-7-. The van der Waals surface area contributed by atoms with Gasteiger partial charge in [0, 0.05) is 5.56 Å². The van der Waals surface area contributed by atoms with E-state index in [2.05, 4.69) is 10.2 Å². The van der Waals surface area contributed by atoms with Crippen LogP contribution in [0.1, 0.15) is 66.4 Å². The van der Waals surface area contributed by atoms with Crippen molar-refractivity contribution in [3.63, 3.8) is 0 Å². The van der Waals surface area contributed by atoms with Crippen molar-refractivity contribution in [3.05, 3.63) is 113 Å². The van der Waals surface area contributed by atoms with Crippen molar-refractivity contribution >= 4 is 0 Å². The van der Waals surface area contributed by atoms with E-state index in [0.29, 0.717) is 11.5 Å². The van der Waals surface area contributed by atoms with Crippen molar-refractivity contribution in [3.8, 4) is 51.7 Å². The van der Waals surface area contributed by atoms with Crippen LogP contribution in [0, 0.1) is 46.5 Å². The van der Waals surface area contributed by atoms with Crippen LogP contribution in [-0.4, -0.2) is 15.8 Å². The molecule has 14 heteroatoms. The Bertz CT molecular complexity index is 2090. The van der Waals surface area contributed by atoms with E-state index in [4.69, 9.17) is 18.6 Å². The number of hydrogen-bond donors (Lipinski definition) is 0. The van der Waals surface area contributed by atoms with Crippen LogP contribution in [0.2, 0.25) is 0 Å². The molecule has 0 fully saturated rings. The molecule has 0 spiro atoms. The van der Waals surface area contributed by atoms with Gasteiger partial charge in [-0.3, -0.25) is 0 Å². The zero-order valence-corrected chi connectivity index (χ0v) is 29.4. The molecule has 1 heterocycles. The Kier molecular flexibility index (Phi) is 11.2. The summed E-state index contributed by atoms with van der Waals surface area (Å²) in [5.74, 6) is -18.4. The quantitative estimate of drug-likeness (QED) is 0.0679. The molecule has 53 heavy (non-hydrogen) atoms. The molecule has 0 aliphatic heterocycles. The number of hydrogen-bond acceptors (Lipinski definition) is 6. The molecule has 0 radical (unpaired) electrons. The number of ether oxygens (including phenoxy) is 3. The Balaban J connectivity index is 1.37. The van der Waals surface area contributed by atoms with Crippen molar-refractivity contribution in [2.24, 2.45) is 0 Å². The van der Waals surface area contributed by atoms with Crippen LogP contribution in [0.25, 0.3) is 22.9 Å². The molecule has 1 aromatic heterocycles. The first kappa shape index (κ1) is 38.8. The third kappa shape index (κ3) is 7.44. The summed E-state index contributed by atoms with van der Waals surface area (Å²) in [5, 5.41) is 6.47. The molecule has 5 aromatic rings. The Morgan fingerprint density at radius 2 is 0.962 bits per heavy atom. The van der Waals surface area contributed by atoms with Crippen molar-refractivity contribution < 1.29 is 53.8 Å². The maximum atomic E-state index is 15.2. The third-order valence-corrected chi connectivity index (χ3v) is 9.18. The van der Waals surface area contributed by atoms with Gasteiger partial charge in [-0.1, -0.05) is 33.8 Å². The summed E-state index contributed by atoms with van der Waals surface area (Å²) in [6.45, 7) is 10.4. The largest absolute Gasteiger partial charge is 0.484 e. The first-order valence-electron chi connectivity index (χ1n) is 16.6. The van der Waals surface area contributed by atoms with Crippen LogP contribution in [0.4, 0.5) is 35.1 Å². The van der Waals surface area contributed by atoms with Gasteiger partial charge in [0.15, 0.2) is 34.9 Å². The maximum absolute atomic E-state index is 15.2. The van der Waals surface area contributed by atoms with Crippen molar-refractivity contribution in [2.45, 2.75) is 71.8 Å². The zero-order chi connectivity index (χ0) is 38.8. The van der Waals surface area contributed by atoms with Crippen LogP contribution >= 0.6 is 0 Å². The fourth-order valence-electron chi connectivity index (χ4n) is 5.52. The highest BCUT2D eigenvalue weighted by molar-refractivity contribution is 5.62. The lowest BCUT2D eigenvalue weighted by Gasteiger charge is -2.28. The topological polar surface area (TPSA) is 66.6 Å². The molecule has 0 N–H and O–H groups in total. The molecule has 1 atom stereocenters. The second-order valence-corrected chi connectivity index (χ2v) is 12.6. The Hall–Kier alpha value is -5.40. The smallest absolute Gasteiger partial charge is 0.254 e. The molecule has 280 valence electrons. The van der Waals surface area contributed by atoms with Gasteiger partial charge in [0.1, 0.15) is 39.7 Å². The lowest BCUT2D eigenvalue weighted by Crippen LogP contribution is -2.28.